The van der Waals surface area contributed by atoms with E-state index in [0.717, 1.165) is 5.56 Å². The molecule has 0 amide bonds. The number of benzene rings is 2. The summed E-state index contributed by atoms with van der Waals surface area (Å²) in [4.78, 5) is 10.2. The third-order valence-electron chi connectivity index (χ3n) is 3.57. The molecule has 0 aromatic heterocycles. The summed E-state index contributed by atoms with van der Waals surface area (Å²) in [5.41, 5.74) is 4.31. The number of aryl methyl sites for hydroxylation is 2. The monoisotopic (exact) mass is 304 g/mol. The van der Waals surface area contributed by atoms with Gasteiger partial charge in [-0.15, -0.1) is 0 Å². The van der Waals surface area contributed by atoms with E-state index in [1.165, 1.54) is 23.3 Å². The van der Waals surface area contributed by atoms with Crippen LogP contribution in [0.1, 0.15) is 29.7 Å². The molecule has 0 radical (unpaired) electrons. The minimum absolute atomic E-state index is 0.00983. The summed E-state index contributed by atoms with van der Waals surface area (Å²) >= 11 is 6.09. The van der Waals surface area contributed by atoms with Crippen LogP contribution in [-0.2, 0) is 0 Å². The lowest BCUT2D eigenvalue weighted by atomic mass is 10.0. The summed E-state index contributed by atoms with van der Waals surface area (Å²) in [6.07, 6.45) is 0. The third kappa shape index (κ3) is 3.52. The number of nitro groups is 1. The van der Waals surface area contributed by atoms with E-state index < -0.39 is 4.92 Å². The maximum Gasteiger partial charge on any atom is 0.271 e. The van der Waals surface area contributed by atoms with Crippen molar-refractivity contribution in [2.75, 3.05) is 5.32 Å². The third-order valence-corrected chi connectivity index (χ3v) is 3.88. The van der Waals surface area contributed by atoms with E-state index in [1.807, 2.05) is 6.92 Å². The number of non-ortho nitro benzene ring substituents is 1. The molecule has 0 fully saturated rings. The fraction of sp³-hybridized carbons (Fsp3) is 0.250. The fourth-order valence-corrected chi connectivity index (χ4v) is 2.31. The van der Waals surface area contributed by atoms with Crippen molar-refractivity contribution in [3.8, 4) is 0 Å². The van der Waals surface area contributed by atoms with Gasteiger partial charge in [0.15, 0.2) is 0 Å². The first kappa shape index (κ1) is 15.3. The number of anilines is 1. The van der Waals surface area contributed by atoms with Crippen molar-refractivity contribution in [3.63, 3.8) is 0 Å². The first-order chi connectivity index (χ1) is 9.88. The molecule has 0 saturated heterocycles. The molecular weight excluding hydrogens is 288 g/mol. The van der Waals surface area contributed by atoms with Gasteiger partial charge >= 0.3 is 0 Å². The van der Waals surface area contributed by atoms with Crippen molar-refractivity contribution < 1.29 is 4.92 Å². The second-order valence-corrected chi connectivity index (χ2v) is 5.54. The minimum atomic E-state index is -0.456. The molecule has 0 aliphatic heterocycles. The zero-order valence-electron chi connectivity index (χ0n) is 12.2. The Morgan fingerprint density at radius 1 is 1.14 bits per heavy atom. The van der Waals surface area contributed by atoms with E-state index >= 15 is 0 Å². The van der Waals surface area contributed by atoms with E-state index in [0.29, 0.717) is 10.7 Å². The molecule has 1 atom stereocenters. The number of hydrogen-bond donors (Lipinski definition) is 1. The molecule has 0 spiro atoms. The first-order valence-electron chi connectivity index (χ1n) is 6.66. The smallest absolute Gasteiger partial charge is 0.271 e. The lowest BCUT2D eigenvalue weighted by Gasteiger charge is -2.17. The van der Waals surface area contributed by atoms with Crippen molar-refractivity contribution in [2.45, 2.75) is 26.8 Å². The summed E-state index contributed by atoms with van der Waals surface area (Å²) in [7, 11) is 0. The van der Waals surface area contributed by atoms with Crippen LogP contribution in [0.25, 0.3) is 0 Å². The molecule has 5 heteroatoms. The molecule has 1 N–H and O–H groups in total. The number of nitro benzene ring substituents is 1. The summed E-state index contributed by atoms with van der Waals surface area (Å²) in [6, 6.07) is 10.8. The Balaban J connectivity index is 2.21. The van der Waals surface area contributed by atoms with Gasteiger partial charge in [0.1, 0.15) is 0 Å². The highest BCUT2D eigenvalue weighted by atomic mass is 35.5. The van der Waals surface area contributed by atoms with Crippen LogP contribution in [0.15, 0.2) is 36.4 Å². The summed E-state index contributed by atoms with van der Waals surface area (Å²) in [6.45, 7) is 6.18. The van der Waals surface area contributed by atoms with Crippen molar-refractivity contribution in [3.05, 3.63) is 68.2 Å². The molecule has 2 aromatic rings. The van der Waals surface area contributed by atoms with Crippen molar-refractivity contribution in [2.24, 2.45) is 0 Å². The molecular formula is C16H17ClN2O2. The SMILES string of the molecule is Cc1ccc(C(C)Nc2ccc([N+](=O)[O-])cc2Cl)cc1C. The average Bonchev–Trinajstić information content (AvgIpc) is 2.43. The van der Waals surface area contributed by atoms with Crippen LogP contribution in [0.3, 0.4) is 0 Å². The average molecular weight is 305 g/mol. The Hall–Kier alpha value is -2.07. The maximum absolute atomic E-state index is 10.7. The first-order valence-corrected chi connectivity index (χ1v) is 7.04. The van der Waals surface area contributed by atoms with Crippen molar-refractivity contribution >= 4 is 23.0 Å². The second-order valence-electron chi connectivity index (χ2n) is 5.13. The minimum Gasteiger partial charge on any atom is -0.377 e. The Kier molecular flexibility index (Phi) is 4.48. The van der Waals surface area contributed by atoms with Crippen LogP contribution in [0.2, 0.25) is 5.02 Å². The van der Waals surface area contributed by atoms with Crippen LogP contribution >= 0.6 is 11.6 Å². The molecule has 0 bridgehead atoms. The summed E-state index contributed by atoms with van der Waals surface area (Å²) in [5.74, 6) is 0. The Bertz CT molecular complexity index is 686. The van der Waals surface area contributed by atoms with E-state index in [2.05, 4.69) is 37.4 Å². The van der Waals surface area contributed by atoms with Gasteiger partial charge in [-0.2, -0.15) is 0 Å². The van der Waals surface area contributed by atoms with E-state index in [-0.39, 0.29) is 11.7 Å². The topological polar surface area (TPSA) is 55.2 Å². The standard InChI is InChI=1S/C16H17ClN2O2/c1-10-4-5-13(8-11(10)2)12(3)18-16-7-6-14(19(20)21)9-15(16)17/h4-9,12,18H,1-3H3. The predicted octanol–water partition coefficient (Wildman–Crippen LogP) is 5.04. The largest absolute Gasteiger partial charge is 0.377 e. The van der Waals surface area contributed by atoms with E-state index in [9.17, 15) is 10.1 Å². The number of halogens is 1. The van der Waals surface area contributed by atoms with Gasteiger partial charge in [0, 0.05) is 18.2 Å². The van der Waals surface area contributed by atoms with Crippen molar-refractivity contribution in [1.82, 2.24) is 0 Å². The Labute approximate surface area is 128 Å². The number of nitrogens with one attached hydrogen (secondary N) is 1. The number of rotatable bonds is 4. The van der Waals surface area contributed by atoms with Gasteiger partial charge < -0.3 is 5.32 Å². The Morgan fingerprint density at radius 2 is 1.86 bits per heavy atom. The molecule has 1 unspecified atom stereocenters. The number of nitrogens with zero attached hydrogens (tertiary/aromatic N) is 1. The summed E-state index contributed by atoms with van der Waals surface area (Å²) in [5, 5.41) is 14.3. The van der Waals surface area contributed by atoms with Gasteiger partial charge in [-0.25, -0.2) is 0 Å². The van der Waals surface area contributed by atoms with Gasteiger partial charge in [-0.05, 0) is 43.5 Å². The lowest BCUT2D eigenvalue weighted by Crippen LogP contribution is -2.07. The quantitative estimate of drug-likeness (QED) is 0.636. The van der Waals surface area contributed by atoms with E-state index in [4.69, 9.17) is 11.6 Å². The molecule has 2 aromatic carbocycles. The molecule has 21 heavy (non-hydrogen) atoms. The lowest BCUT2D eigenvalue weighted by molar-refractivity contribution is -0.384. The molecule has 0 saturated carbocycles. The maximum atomic E-state index is 10.7. The molecule has 110 valence electrons. The van der Waals surface area contributed by atoms with Crippen LogP contribution in [0.5, 0.6) is 0 Å². The zero-order chi connectivity index (χ0) is 15.6. The van der Waals surface area contributed by atoms with Gasteiger partial charge in [0.2, 0.25) is 0 Å². The van der Waals surface area contributed by atoms with Crippen LogP contribution in [-0.4, -0.2) is 4.92 Å². The molecule has 4 nitrogen and oxygen atoms in total. The van der Waals surface area contributed by atoms with Gasteiger partial charge in [-0.1, -0.05) is 29.8 Å². The highest BCUT2D eigenvalue weighted by molar-refractivity contribution is 6.33. The fourth-order valence-electron chi connectivity index (χ4n) is 2.09. The van der Waals surface area contributed by atoms with Gasteiger partial charge in [0.25, 0.3) is 5.69 Å². The van der Waals surface area contributed by atoms with Crippen LogP contribution in [0.4, 0.5) is 11.4 Å². The van der Waals surface area contributed by atoms with Crippen LogP contribution < -0.4 is 5.32 Å². The zero-order valence-corrected chi connectivity index (χ0v) is 12.9. The molecule has 2 rings (SSSR count). The molecule has 0 heterocycles. The van der Waals surface area contributed by atoms with E-state index in [1.54, 1.807) is 6.07 Å². The predicted molar refractivity (Wildman–Crippen MR) is 86.1 cm³/mol. The molecule has 0 aliphatic carbocycles. The summed E-state index contributed by atoms with van der Waals surface area (Å²) < 4.78 is 0. The Morgan fingerprint density at radius 3 is 2.43 bits per heavy atom. The normalized spacial score (nSPS) is 12.0. The highest BCUT2D eigenvalue weighted by Crippen LogP contribution is 2.30. The highest BCUT2D eigenvalue weighted by Gasteiger charge is 2.12. The number of hydrogen-bond acceptors (Lipinski definition) is 3. The molecule has 0 aliphatic rings. The second kappa shape index (κ2) is 6.14. The van der Waals surface area contributed by atoms with Gasteiger partial charge in [0.05, 0.1) is 15.6 Å². The van der Waals surface area contributed by atoms with Crippen LogP contribution in [0, 0.1) is 24.0 Å². The van der Waals surface area contributed by atoms with Gasteiger partial charge in [-0.3, -0.25) is 10.1 Å². The van der Waals surface area contributed by atoms with Crippen molar-refractivity contribution in [1.29, 1.82) is 0 Å².